The van der Waals surface area contributed by atoms with Crippen LogP contribution in [0.25, 0.3) is 5.57 Å². The van der Waals surface area contributed by atoms with Crippen LogP contribution in [-0.2, 0) is 0 Å². The fraction of sp³-hybridized carbons (Fsp3) is 0.350. The number of nitrogens with zero attached hydrogens (tertiary/aromatic N) is 1. The van der Waals surface area contributed by atoms with Crippen LogP contribution >= 0.6 is 0 Å². The van der Waals surface area contributed by atoms with Gasteiger partial charge in [0, 0.05) is 42.5 Å². The molecule has 1 aromatic heterocycles. The van der Waals surface area contributed by atoms with Crippen molar-refractivity contribution in [1.29, 1.82) is 10.8 Å². The van der Waals surface area contributed by atoms with Gasteiger partial charge in [-0.05, 0) is 54.2 Å². The van der Waals surface area contributed by atoms with Gasteiger partial charge in [-0.2, -0.15) is 0 Å². The number of pyridine rings is 1. The van der Waals surface area contributed by atoms with Gasteiger partial charge in [0.05, 0.1) is 0 Å². The van der Waals surface area contributed by atoms with E-state index in [4.69, 9.17) is 22.3 Å². The Morgan fingerprint density at radius 2 is 2.15 bits per heavy atom. The van der Waals surface area contributed by atoms with E-state index in [1.165, 1.54) is 18.6 Å². The number of nitrogens with two attached hydrogens (primary N) is 2. The number of rotatable bonds is 7. The predicted octanol–water partition coefficient (Wildman–Crippen LogP) is 2.94. The summed E-state index contributed by atoms with van der Waals surface area (Å²) in [5, 5.41) is 19.0. The first-order chi connectivity index (χ1) is 12.6. The van der Waals surface area contributed by atoms with E-state index in [9.17, 15) is 0 Å². The first-order valence-electron chi connectivity index (χ1n) is 8.90. The number of nitrogens with one attached hydrogen (secondary N) is 3. The molecule has 0 amide bonds. The predicted molar refractivity (Wildman–Crippen MR) is 110 cm³/mol. The molecule has 1 aliphatic rings. The molecule has 0 unspecified atom stereocenters. The Labute approximate surface area is 155 Å². The number of hydrogen-bond donors (Lipinski definition) is 5. The van der Waals surface area contributed by atoms with Crippen LogP contribution in [0.1, 0.15) is 42.9 Å². The van der Waals surface area contributed by atoms with Crippen molar-refractivity contribution in [3.05, 3.63) is 51.9 Å². The molecule has 0 aliphatic carbocycles. The van der Waals surface area contributed by atoms with Crippen molar-refractivity contribution in [3.8, 4) is 0 Å². The van der Waals surface area contributed by atoms with Crippen molar-refractivity contribution >= 4 is 23.8 Å². The summed E-state index contributed by atoms with van der Waals surface area (Å²) in [6.45, 7) is 5.65. The maximum atomic E-state index is 7.81. The van der Waals surface area contributed by atoms with E-state index < -0.39 is 0 Å². The van der Waals surface area contributed by atoms with Gasteiger partial charge in [0.15, 0.2) is 0 Å². The van der Waals surface area contributed by atoms with Crippen molar-refractivity contribution < 1.29 is 0 Å². The Hall–Kier alpha value is -2.73. The van der Waals surface area contributed by atoms with Gasteiger partial charge in [0.1, 0.15) is 5.82 Å². The minimum atomic E-state index is 0.360. The highest BCUT2D eigenvalue weighted by molar-refractivity contribution is 5.96. The molecule has 0 saturated carbocycles. The number of aryl methyl sites for hydroxylation is 1. The Bertz CT molecular complexity index is 786. The van der Waals surface area contributed by atoms with E-state index in [2.05, 4.69) is 23.3 Å². The van der Waals surface area contributed by atoms with Crippen LogP contribution in [-0.4, -0.2) is 30.5 Å². The molecule has 2 heterocycles. The minimum absolute atomic E-state index is 0.360. The lowest BCUT2D eigenvalue weighted by molar-refractivity contribution is 0.719. The molecule has 26 heavy (non-hydrogen) atoms. The molecule has 0 spiro atoms. The third-order valence-corrected chi connectivity index (χ3v) is 4.61. The van der Waals surface area contributed by atoms with E-state index >= 15 is 0 Å². The highest BCUT2D eigenvalue weighted by atomic mass is 14.9. The monoisotopic (exact) mass is 352 g/mol. The molecule has 0 saturated heterocycles. The van der Waals surface area contributed by atoms with E-state index in [1.54, 1.807) is 6.20 Å². The van der Waals surface area contributed by atoms with E-state index in [0.29, 0.717) is 23.5 Å². The maximum Gasteiger partial charge on any atom is 0.132 e. The van der Waals surface area contributed by atoms with Crippen molar-refractivity contribution in [1.82, 2.24) is 10.3 Å². The Morgan fingerprint density at radius 1 is 1.38 bits per heavy atom. The van der Waals surface area contributed by atoms with Crippen molar-refractivity contribution in [2.45, 2.75) is 33.1 Å². The van der Waals surface area contributed by atoms with Gasteiger partial charge >= 0.3 is 0 Å². The van der Waals surface area contributed by atoms with Crippen LogP contribution in [0.3, 0.4) is 0 Å². The van der Waals surface area contributed by atoms with Crippen LogP contribution in [0.5, 0.6) is 0 Å². The topological polar surface area (TPSA) is 125 Å². The number of anilines is 1. The van der Waals surface area contributed by atoms with Gasteiger partial charge in [0.2, 0.25) is 0 Å². The van der Waals surface area contributed by atoms with E-state index in [0.717, 1.165) is 53.7 Å². The van der Waals surface area contributed by atoms with Crippen LogP contribution in [0.2, 0.25) is 0 Å². The molecule has 0 radical (unpaired) electrons. The fourth-order valence-corrected chi connectivity index (χ4v) is 3.33. The van der Waals surface area contributed by atoms with E-state index in [1.807, 2.05) is 6.92 Å². The van der Waals surface area contributed by atoms with Crippen molar-refractivity contribution in [2.75, 3.05) is 18.8 Å². The zero-order chi connectivity index (χ0) is 19.1. The van der Waals surface area contributed by atoms with E-state index in [-0.39, 0.29) is 0 Å². The molecule has 7 N–H and O–H groups in total. The molecule has 0 atom stereocenters. The van der Waals surface area contributed by atoms with Gasteiger partial charge in [-0.25, -0.2) is 4.98 Å². The van der Waals surface area contributed by atoms with Gasteiger partial charge in [-0.15, -0.1) is 0 Å². The lowest BCUT2D eigenvalue weighted by Crippen LogP contribution is -2.26. The largest absolute Gasteiger partial charge is 0.404 e. The molecule has 1 aromatic rings. The zero-order valence-corrected chi connectivity index (χ0v) is 15.5. The molecule has 0 aromatic carbocycles. The summed E-state index contributed by atoms with van der Waals surface area (Å²) in [4.78, 5) is 4.19. The SMILES string of the molecule is CCC/C=C(C1=C(c2c(C)cnc(N)c2C=N)CNCC1)\C(C=N)=C\N. The summed E-state index contributed by atoms with van der Waals surface area (Å²) in [6, 6.07) is 0. The van der Waals surface area contributed by atoms with Crippen LogP contribution in [0.4, 0.5) is 5.82 Å². The van der Waals surface area contributed by atoms with Crippen molar-refractivity contribution in [3.63, 3.8) is 0 Å². The molecular formula is C20H28N6. The fourth-order valence-electron chi connectivity index (χ4n) is 3.33. The molecule has 6 heteroatoms. The number of allylic oxidation sites excluding steroid dienone is 3. The normalized spacial score (nSPS) is 15.9. The lowest BCUT2D eigenvalue weighted by Gasteiger charge is -2.26. The van der Waals surface area contributed by atoms with Crippen LogP contribution in [0, 0.1) is 17.7 Å². The quantitative estimate of drug-likeness (QED) is 0.382. The Kier molecular flexibility index (Phi) is 6.86. The number of aromatic nitrogens is 1. The maximum absolute atomic E-state index is 7.81. The number of nitrogen functional groups attached to an aromatic ring is 1. The Morgan fingerprint density at radius 3 is 2.77 bits per heavy atom. The minimum Gasteiger partial charge on any atom is -0.404 e. The highest BCUT2D eigenvalue weighted by Crippen LogP contribution is 2.35. The van der Waals surface area contributed by atoms with Gasteiger partial charge < -0.3 is 27.6 Å². The summed E-state index contributed by atoms with van der Waals surface area (Å²) in [7, 11) is 0. The summed E-state index contributed by atoms with van der Waals surface area (Å²) in [5.41, 5.74) is 18.4. The molecular weight excluding hydrogens is 324 g/mol. The second-order valence-electron chi connectivity index (χ2n) is 6.32. The summed E-state index contributed by atoms with van der Waals surface area (Å²) >= 11 is 0. The number of unbranched alkanes of at least 4 members (excludes halogenated alkanes) is 1. The average molecular weight is 352 g/mol. The molecule has 0 bridgehead atoms. The summed E-state index contributed by atoms with van der Waals surface area (Å²) in [6.07, 6.45) is 10.8. The van der Waals surface area contributed by atoms with Crippen LogP contribution in [0.15, 0.2) is 35.2 Å². The average Bonchev–Trinajstić information content (AvgIpc) is 2.67. The standard InChI is InChI=1S/C20H28N6/c1-3-4-5-15(14(8-21)9-22)16-6-7-25-12-18(16)19-13(2)11-26-20(24)17(19)10-23/h5,8-11,21,23,25H,3-4,6-7,12,22H2,1-2H3,(H2,24,26)/b14-9+,15-5+,21-8?,23-10?. The molecule has 6 nitrogen and oxygen atoms in total. The number of hydrogen-bond acceptors (Lipinski definition) is 6. The second-order valence-corrected chi connectivity index (χ2v) is 6.32. The molecule has 2 rings (SSSR count). The highest BCUT2D eigenvalue weighted by Gasteiger charge is 2.23. The van der Waals surface area contributed by atoms with Gasteiger partial charge in [-0.1, -0.05) is 19.4 Å². The third-order valence-electron chi connectivity index (χ3n) is 4.61. The third kappa shape index (κ3) is 3.91. The molecule has 0 fully saturated rings. The summed E-state index contributed by atoms with van der Waals surface area (Å²) in [5.74, 6) is 0.360. The van der Waals surface area contributed by atoms with Crippen molar-refractivity contribution in [2.24, 2.45) is 5.73 Å². The first kappa shape index (κ1) is 19.6. The first-order valence-corrected chi connectivity index (χ1v) is 8.90. The second kappa shape index (κ2) is 9.10. The van der Waals surface area contributed by atoms with Gasteiger partial charge in [-0.3, -0.25) is 0 Å². The zero-order valence-electron chi connectivity index (χ0n) is 15.5. The van der Waals surface area contributed by atoms with Gasteiger partial charge in [0.25, 0.3) is 0 Å². The smallest absolute Gasteiger partial charge is 0.132 e. The summed E-state index contributed by atoms with van der Waals surface area (Å²) < 4.78 is 0. The lowest BCUT2D eigenvalue weighted by atomic mass is 9.84. The Balaban J connectivity index is 2.78. The molecule has 138 valence electrons. The van der Waals surface area contributed by atoms with Crippen LogP contribution < -0.4 is 16.8 Å². The molecule has 1 aliphatic heterocycles.